The summed E-state index contributed by atoms with van der Waals surface area (Å²) in [5, 5.41) is 0. The summed E-state index contributed by atoms with van der Waals surface area (Å²) in [6.07, 6.45) is 0. The molecule has 0 aromatic carbocycles. The first-order valence-electron chi connectivity index (χ1n) is 15.8. The van der Waals surface area contributed by atoms with E-state index < -0.39 is 14.0 Å². The van der Waals surface area contributed by atoms with Crippen molar-refractivity contribution in [3.05, 3.63) is 0 Å². The van der Waals surface area contributed by atoms with Gasteiger partial charge in [0.1, 0.15) is 0 Å². The Hall–Kier alpha value is 30.1. The number of hydrogen-bond acceptors (Lipinski definition) is 0. The SMILES string of the molecule is [PH]P([PH])P(P(P)P)P(P(P(P)P)P(P)P)P(P(P(P)P)P(P)P)P(P(P(P(P)P)P(P)P)P(P(P)P)P(P)P)P(P(P(P(P)P)P(P)P)P(P(P)P)P(P)P)P(P(P(P)P)P(P)P)P(P(P)P)P(P)P. The van der Waals surface area contributed by atoms with Crippen LogP contribution < -0.4 is 0 Å². The Morgan fingerprint density at radius 2 is 0.186 bits per heavy atom. The Bertz CT molecular complexity index is 1130. The maximum absolute atomic E-state index is 4.68. The van der Waals surface area contributed by atoms with Gasteiger partial charge in [0, 0.05) is 0 Å². The molecule has 0 fully saturated rings. The number of rotatable bonds is 33. The summed E-state index contributed by atoms with van der Waals surface area (Å²) in [6.45, 7) is -10.8. The van der Waals surface area contributed by atoms with E-state index in [1.165, 1.54) is 0 Å². The molecule has 0 aromatic heterocycles. The Balaban J connectivity index is 11.7. The van der Waals surface area contributed by atoms with Gasteiger partial charge >= 0.3 is 0 Å². The van der Waals surface area contributed by atoms with Gasteiger partial charge in [-0.05, 0) is 238 Å². The van der Waals surface area contributed by atoms with Gasteiger partial charge in [-0.25, -0.2) is 0 Å². The van der Waals surface area contributed by atoms with Gasteiger partial charge in [0.05, 0.1) is 0 Å². The highest BCUT2D eigenvalue weighted by molar-refractivity contribution is 9.56. The summed E-state index contributed by atoms with van der Waals surface area (Å²) in [4.78, 5) is 0. The average molecular weight is 2240 g/mol. The molecule has 0 N–H and O–H groups in total. The monoisotopic (exact) mass is 2240 g/mol. The highest BCUT2D eigenvalue weighted by Crippen LogP contribution is 3.50. The van der Waals surface area contributed by atoms with Crippen molar-refractivity contribution in [1.82, 2.24) is 0 Å². The van der Waals surface area contributed by atoms with Crippen molar-refractivity contribution in [2.75, 3.05) is 0 Å². The highest BCUT2D eigenvalue weighted by atomic mass is 33.6. The fourth-order valence-corrected chi connectivity index (χ4v) is 1020. The second kappa shape index (κ2) is 54.7. The van der Waals surface area contributed by atoms with Gasteiger partial charge in [-0.1, -0.05) is 17.9 Å². The summed E-state index contributed by atoms with van der Waals surface area (Å²) in [7, 11) is 132. The van der Waals surface area contributed by atoms with E-state index in [4.69, 9.17) is 0 Å². The molecule has 2 radical (unpaired) electrons. The van der Waals surface area contributed by atoms with Gasteiger partial charge in [0.2, 0.25) is 0 Å². The van der Waals surface area contributed by atoms with E-state index in [1.807, 2.05) is 0 Å². The van der Waals surface area contributed by atoms with Crippen LogP contribution in [-0.2, 0) is 0 Å². The smallest absolute Gasteiger partial charge is 0.00000810 e. The third-order valence-corrected chi connectivity index (χ3v) is 493. The van der Waals surface area contributed by atoms with Gasteiger partial charge < -0.3 is 0 Å². The average Bonchev–Trinajstić information content (AvgIpc) is 3.12. The summed E-state index contributed by atoms with van der Waals surface area (Å²) < 4.78 is 0. The van der Waals surface area contributed by atoms with E-state index in [0.29, 0.717) is 0 Å². The van der Waals surface area contributed by atoms with Crippen LogP contribution in [0.3, 0.4) is 0 Å². The Labute approximate surface area is 550 Å². The summed E-state index contributed by atoms with van der Waals surface area (Å²) in [5.41, 5.74) is 0. The zero-order chi connectivity index (χ0) is 55.6. The van der Waals surface area contributed by atoms with Gasteiger partial charge in [-0.2, -0.15) is 0 Å². The van der Waals surface area contributed by atoms with Crippen molar-refractivity contribution in [2.24, 2.45) is 0 Å². The molecule has 0 aliphatic heterocycles. The van der Waals surface area contributed by atoms with Crippen molar-refractivity contribution in [3.63, 3.8) is 0 Å². The largest absolute Gasteiger partial charge is 0.102 e. The summed E-state index contributed by atoms with van der Waals surface area (Å²) in [5.74, 6) is 0. The second-order valence-corrected chi connectivity index (χ2v) is 299. The molecule has 70 heteroatoms. The first kappa shape index (κ1) is 100. The van der Waals surface area contributed by atoms with E-state index in [1.54, 1.807) is 0 Å². The fraction of sp³-hybridized carbons (Fsp3) is 0. The molecular formula is H70P70. The first-order chi connectivity index (χ1) is 31.8. The zero-order valence-electron chi connectivity index (χ0n) is 35.8. The predicted molar refractivity (Wildman–Crippen MR) is 582 cm³/mol. The van der Waals surface area contributed by atoms with Crippen molar-refractivity contribution in [3.8, 4) is 0 Å². The summed E-state index contributed by atoms with van der Waals surface area (Å²) in [6, 6.07) is 0. The van der Waals surface area contributed by atoms with Crippen molar-refractivity contribution < 1.29 is 0 Å². The molecular weight excluding hydrogens is 2170 g/mol. The molecule has 38 atom stereocenters. The predicted octanol–water partition coefficient (Wildman–Crippen LogP) is 41.5. The molecule has 0 aromatic rings. The zero-order valence-corrected chi connectivity index (χ0v) is 108. The molecule has 70 heavy (non-hydrogen) atoms. The van der Waals surface area contributed by atoms with E-state index in [2.05, 4.69) is 321 Å². The third kappa shape index (κ3) is 35.2. The van der Waals surface area contributed by atoms with E-state index >= 15 is 0 Å². The maximum atomic E-state index is 4.68. The molecule has 0 aliphatic rings. The van der Waals surface area contributed by atoms with Crippen LogP contribution in [0.5, 0.6) is 0 Å². The Morgan fingerprint density at radius 3 is 0.271 bits per heavy atom. The quantitative estimate of drug-likeness (QED) is 0.0575. The van der Waals surface area contributed by atoms with Crippen LogP contribution in [0.4, 0.5) is 0 Å². The van der Waals surface area contributed by atoms with Gasteiger partial charge in [-0.15, -0.1) is 304 Å². The first-order valence-corrected chi connectivity index (χ1v) is 142. The lowest BCUT2D eigenvalue weighted by molar-refractivity contribution is 4.32. The molecule has 0 spiro atoms. The lowest BCUT2D eigenvalue weighted by atomic mass is 28.4. The van der Waals surface area contributed by atoms with Crippen molar-refractivity contribution >= 4 is 559 Å². The minimum Gasteiger partial charge on any atom is -0.102 e. The van der Waals surface area contributed by atoms with Crippen LogP contribution in [0.15, 0.2) is 0 Å². The van der Waals surface area contributed by atoms with Crippen molar-refractivity contribution in [2.45, 2.75) is 0 Å². The molecule has 0 nitrogen and oxygen atoms in total. The maximum Gasteiger partial charge on any atom is -0.00000810 e. The molecule has 0 amide bonds. The minimum atomic E-state index is -0.504. The Kier molecular flexibility index (Phi) is 78.2. The third-order valence-electron chi connectivity index (χ3n) is 6.09. The molecule has 38 unspecified atom stereocenters. The minimum absolute atomic E-state index is 0.264. The van der Waals surface area contributed by atoms with Crippen LogP contribution in [0.1, 0.15) is 0 Å². The lowest BCUT2D eigenvalue weighted by Crippen LogP contribution is -1.74. The van der Waals surface area contributed by atoms with Crippen LogP contribution in [0.25, 0.3) is 0 Å². The van der Waals surface area contributed by atoms with Crippen LogP contribution in [0.2, 0.25) is 0 Å². The van der Waals surface area contributed by atoms with Crippen LogP contribution in [-0.4, -0.2) is 0 Å². The van der Waals surface area contributed by atoms with Gasteiger partial charge in [-0.3, -0.25) is 0 Å². The van der Waals surface area contributed by atoms with E-state index in [-0.39, 0.29) is 224 Å². The molecule has 0 rings (SSSR count). The molecule has 420 valence electrons. The second-order valence-electron chi connectivity index (χ2n) is 11.1. The molecule has 0 heterocycles. The van der Waals surface area contributed by atoms with Gasteiger partial charge in [0.25, 0.3) is 0 Å². The lowest BCUT2D eigenvalue weighted by Gasteiger charge is -2.61. The molecule has 0 aliphatic carbocycles. The molecule has 0 bridgehead atoms. The van der Waals surface area contributed by atoms with E-state index in [9.17, 15) is 0 Å². The van der Waals surface area contributed by atoms with Crippen LogP contribution >= 0.6 is 559 Å². The highest BCUT2D eigenvalue weighted by Gasteiger charge is 2.63. The topological polar surface area (TPSA) is 0 Å². The Morgan fingerprint density at radius 1 is 0.114 bits per heavy atom. The standard InChI is InChI=1S/H70P70/c1-37(2)55(38(3)4)64(56(39(5)6)40(7)8)68(63(53(33)34)54(35)36)70(67(61(49(25)26)50(27)28)62(51(29)30)52(31)32)69(65(57(41(9)10)42(11)12)58(43(13)14)44(15)16)66(59(45(17)18)46(19)20)60(47(21)22)48(23)24/h1-2H,3-36H2. The fourth-order valence-electron chi connectivity index (χ4n) is 4.21. The number of hydrogen-bond donors (Lipinski definition) is 0. The summed E-state index contributed by atoms with van der Waals surface area (Å²) >= 11 is 0. The molecule has 0 saturated carbocycles. The van der Waals surface area contributed by atoms with E-state index in [0.717, 1.165) is 0 Å². The van der Waals surface area contributed by atoms with Crippen LogP contribution in [0, 0.1) is 0 Å². The van der Waals surface area contributed by atoms with Crippen molar-refractivity contribution in [1.29, 1.82) is 0 Å². The normalized spacial score (nSPS) is 15.4. The molecule has 0 saturated heterocycles. The van der Waals surface area contributed by atoms with Gasteiger partial charge in [0.15, 0.2) is 0 Å².